The number of nitriles is 1. The molecule has 43 heavy (non-hydrogen) atoms. The fourth-order valence-electron chi connectivity index (χ4n) is 6.72. The maximum Gasteiger partial charge on any atom is 0.191 e. The number of nitrogens with zero attached hydrogens (tertiary/aromatic N) is 4. The number of benzene rings is 6. The minimum absolute atomic E-state index is 0.537. The van der Waals surface area contributed by atoms with E-state index in [9.17, 15) is 5.26 Å². The van der Waals surface area contributed by atoms with Crippen LogP contribution in [0.1, 0.15) is 5.56 Å². The molecule has 9 rings (SSSR count). The second-order valence-electron chi connectivity index (χ2n) is 10.8. The first-order valence-corrected chi connectivity index (χ1v) is 14.0. The van der Waals surface area contributed by atoms with Crippen molar-refractivity contribution in [3.8, 4) is 17.4 Å². The van der Waals surface area contributed by atoms with E-state index in [4.69, 9.17) is 11.0 Å². The van der Waals surface area contributed by atoms with Gasteiger partial charge in [0.25, 0.3) is 0 Å². The molecule has 0 amide bonds. The highest BCUT2D eigenvalue weighted by molar-refractivity contribution is 6.21. The highest BCUT2D eigenvalue weighted by Crippen LogP contribution is 2.41. The van der Waals surface area contributed by atoms with E-state index in [0.29, 0.717) is 11.3 Å². The minimum atomic E-state index is 0.537. The van der Waals surface area contributed by atoms with Gasteiger partial charge in [0.15, 0.2) is 11.3 Å². The lowest BCUT2D eigenvalue weighted by Gasteiger charge is -2.14. The first kappa shape index (κ1) is 23.4. The van der Waals surface area contributed by atoms with Crippen LogP contribution in [0.3, 0.4) is 0 Å². The second-order valence-corrected chi connectivity index (χ2v) is 10.8. The van der Waals surface area contributed by atoms with Crippen molar-refractivity contribution in [2.24, 2.45) is 0 Å². The van der Waals surface area contributed by atoms with E-state index in [2.05, 4.69) is 74.6 Å². The Morgan fingerprint density at radius 1 is 0.581 bits per heavy atom. The minimum Gasteiger partial charge on any atom is -0.454 e. The molecular formula is C38H20N4O. The molecule has 0 saturated carbocycles. The molecule has 9 aromatic rings. The molecule has 0 bridgehead atoms. The van der Waals surface area contributed by atoms with Gasteiger partial charge < -0.3 is 13.6 Å². The maximum absolute atomic E-state index is 9.60. The summed E-state index contributed by atoms with van der Waals surface area (Å²) < 4.78 is 11.0. The van der Waals surface area contributed by atoms with Crippen molar-refractivity contribution in [1.82, 2.24) is 9.13 Å². The second kappa shape index (κ2) is 8.60. The van der Waals surface area contributed by atoms with Crippen LogP contribution < -0.4 is 0 Å². The van der Waals surface area contributed by atoms with Gasteiger partial charge in [-0.1, -0.05) is 60.7 Å². The lowest BCUT2D eigenvalue weighted by molar-refractivity contribution is 0.671. The van der Waals surface area contributed by atoms with Crippen molar-refractivity contribution in [2.45, 2.75) is 0 Å². The Morgan fingerprint density at radius 2 is 1.21 bits per heavy atom. The van der Waals surface area contributed by atoms with Gasteiger partial charge in [-0.15, -0.1) is 0 Å². The summed E-state index contributed by atoms with van der Waals surface area (Å²) in [6, 6.07) is 43.1. The molecule has 5 nitrogen and oxygen atoms in total. The molecule has 5 heteroatoms. The molecule has 0 aliphatic carbocycles. The topological polar surface area (TPSA) is 51.1 Å². The predicted molar refractivity (Wildman–Crippen MR) is 173 cm³/mol. The number of furan rings is 1. The van der Waals surface area contributed by atoms with Gasteiger partial charge in [-0.2, -0.15) is 5.26 Å². The van der Waals surface area contributed by atoms with Crippen LogP contribution in [0.15, 0.2) is 126 Å². The van der Waals surface area contributed by atoms with Gasteiger partial charge in [0, 0.05) is 43.7 Å². The number of aromatic nitrogens is 2. The fraction of sp³-hybridized carbons (Fsp3) is 0. The molecule has 0 unspecified atom stereocenters. The molecule has 0 atom stereocenters. The van der Waals surface area contributed by atoms with Crippen LogP contribution in [0, 0.1) is 17.9 Å². The van der Waals surface area contributed by atoms with Crippen molar-refractivity contribution in [2.75, 3.05) is 0 Å². The molecule has 198 valence electrons. The van der Waals surface area contributed by atoms with E-state index < -0.39 is 0 Å². The maximum atomic E-state index is 9.60. The molecule has 0 saturated heterocycles. The summed E-state index contributed by atoms with van der Waals surface area (Å²) in [4.78, 5) is 3.91. The monoisotopic (exact) mass is 548 g/mol. The van der Waals surface area contributed by atoms with E-state index in [1.54, 1.807) is 0 Å². The number of fused-ring (bicyclic) bond motifs is 10. The van der Waals surface area contributed by atoms with Gasteiger partial charge >= 0.3 is 0 Å². The largest absolute Gasteiger partial charge is 0.454 e. The molecule has 3 heterocycles. The first-order valence-electron chi connectivity index (χ1n) is 14.0. The van der Waals surface area contributed by atoms with Gasteiger partial charge in [0.05, 0.1) is 40.3 Å². The van der Waals surface area contributed by atoms with E-state index >= 15 is 0 Å². The average molecular weight is 549 g/mol. The third-order valence-electron chi connectivity index (χ3n) is 8.51. The van der Waals surface area contributed by atoms with Gasteiger partial charge in [-0.25, -0.2) is 4.85 Å². The molecule has 0 aliphatic rings. The normalized spacial score (nSPS) is 11.7. The Kier molecular flexibility index (Phi) is 4.68. The van der Waals surface area contributed by atoms with Gasteiger partial charge in [-0.3, -0.25) is 0 Å². The Labute approximate surface area is 245 Å². The molecule has 0 radical (unpaired) electrons. The lowest BCUT2D eigenvalue weighted by atomic mass is 10.1. The Balaban J connectivity index is 1.42. The Bertz CT molecular complexity index is 2710. The molecular weight excluding hydrogens is 528 g/mol. The van der Waals surface area contributed by atoms with Crippen molar-refractivity contribution in [1.29, 1.82) is 5.26 Å². The summed E-state index contributed by atoms with van der Waals surface area (Å²) in [6.45, 7) is 8.05. The highest BCUT2D eigenvalue weighted by atomic mass is 16.3. The van der Waals surface area contributed by atoms with Gasteiger partial charge in [0.1, 0.15) is 5.58 Å². The summed E-state index contributed by atoms with van der Waals surface area (Å²) in [5, 5.41) is 16.0. The standard InChI is InChI=1S/C38H20N4O/c1-40-24-19-25(41-33-11-5-3-9-28(33)32-18-23(22-39)14-17-35(32)41)21-26(20-24)42-34-12-6-2-8-27(34)30-15-16-31-29-10-4-7-13-36(29)43-38(31)37(30)42/h2-21H. The van der Waals surface area contributed by atoms with Crippen LogP contribution in [0.25, 0.3) is 81.8 Å². The molecule has 0 aliphatic heterocycles. The van der Waals surface area contributed by atoms with E-state index in [-0.39, 0.29) is 0 Å². The van der Waals surface area contributed by atoms with Crippen molar-refractivity contribution < 1.29 is 4.42 Å². The molecule has 0 fully saturated rings. The summed E-state index contributed by atoms with van der Waals surface area (Å²) in [6.07, 6.45) is 0. The van der Waals surface area contributed by atoms with E-state index in [1.165, 1.54) is 0 Å². The SMILES string of the molecule is [C-]#[N+]c1cc(-n2c3ccccc3c3cc(C#N)ccc32)cc(-n2c3ccccc3c3ccc4c5ccccc5oc4c32)c1. The smallest absolute Gasteiger partial charge is 0.191 e. The zero-order valence-corrected chi connectivity index (χ0v) is 22.7. The number of rotatable bonds is 2. The molecule has 0 N–H and O–H groups in total. The lowest BCUT2D eigenvalue weighted by Crippen LogP contribution is -1.99. The van der Waals surface area contributed by atoms with Crippen LogP contribution in [-0.4, -0.2) is 9.13 Å². The third kappa shape index (κ3) is 3.19. The van der Waals surface area contributed by atoms with Gasteiger partial charge in [-0.05, 0) is 60.7 Å². The zero-order valence-electron chi connectivity index (χ0n) is 22.7. The van der Waals surface area contributed by atoms with E-state index in [1.807, 2.05) is 66.7 Å². The number of para-hydroxylation sites is 3. The highest BCUT2D eigenvalue weighted by Gasteiger charge is 2.20. The van der Waals surface area contributed by atoms with Crippen LogP contribution in [0.4, 0.5) is 5.69 Å². The van der Waals surface area contributed by atoms with Crippen LogP contribution in [0.5, 0.6) is 0 Å². The Hall–Kier alpha value is -6.30. The van der Waals surface area contributed by atoms with Crippen molar-refractivity contribution in [3.63, 3.8) is 0 Å². The molecule has 6 aromatic carbocycles. The number of hydrogen-bond donors (Lipinski definition) is 0. The van der Waals surface area contributed by atoms with E-state index in [0.717, 1.165) is 76.9 Å². The third-order valence-corrected chi connectivity index (χ3v) is 8.51. The van der Waals surface area contributed by atoms with Crippen LogP contribution in [0.2, 0.25) is 0 Å². The summed E-state index contributed by atoms with van der Waals surface area (Å²) >= 11 is 0. The Morgan fingerprint density at radius 3 is 1.98 bits per heavy atom. The van der Waals surface area contributed by atoms with Crippen LogP contribution >= 0.6 is 0 Å². The summed E-state index contributed by atoms with van der Waals surface area (Å²) in [7, 11) is 0. The van der Waals surface area contributed by atoms with Gasteiger partial charge in [0.2, 0.25) is 0 Å². The summed E-state index contributed by atoms with van der Waals surface area (Å²) in [5.41, 5.74) is 8.59. The molecule has 0 spiro atoms. The quantitative estimate of drug-likeness (QED) is 0.202. The molecule has 3 aromatic heterocycles. The zero-order chi connectivity index (χ0) is 28.7. The van der Waals surface area contributed by atoms with Crippen molar-refractivity contribution in [3.05, 3.63) is 138 Å². The average Bonchev–Trinajstić information content (AvgIpc) is 3.72. The summed E-state index contributed by atoms with van der Waals surface area (Å²) in [5.74, 6) is 0. The number of hydrogen-bond acceptors (Lipinski definition) is 2. The predicted octanol–water partition coefficient (Wildman–Crippen LogP) is 10.2. The van der Waals surface area contributed by atoms with Crippen molar-refractivity contribution >= 4 is 71.2 Å². The fourth-order valence-corrected chi connectivity index (χ4v) is 6.72. The van der Waals surface area contributed by atoms with Crippen LogP contribution in [-0.2, 0) is 0 Å². The first-order chi connectivity index (χ1) is 21.2.